The molecule has 0 aliphatic heterocycles. The zero-order chi connectivity index (χ0) is 15.8. The van der Waals surface area contributed by atoms with Crippen molar-refractivity contribution in [3.8, 4) is 0 Å². The standard InChI is InChI=1S/C14H30N4O2/c1-6-18(10-14(4,5)9-15)8-12(19)17-13(20)16-7-11(2)3/h11H,6-10,15H2,1-5H3,(H2,16,17,19,20). The Bertz CT molecular complexity index is 316. The molecule has 6 heteroatoms. The van der Waals surface area contributed by atoms with Crippen LogP contribution in [0.25, 0.3) is 0 Å². The number of nitrogens with one attached hydrogen (secondary N) is 2. The van der Waals surface area contributed by atoms with Gasteiger partial charge in [-0.05, 0) is 24.4 Å². The Balaban J connectivity index is 4.19. The maximum Gasteiger partial charge on any atom is 0.321 e. The first-order chi connectivity index (χ1) is 9.20. The Morgan fingerprint density at radius 1 is 1.30 bits per heavy atom. The topological polar surface area (TPSA) is 87.5 Å². The number of likely N-dealkylation sites (N-methyl/N-ethyl adjacent to an activating group) is 1. The number of rotatable bonds is 8. The van der Waals surface area contributed by atoms with Gasteiger partial charge in [-0.25, -0.2) is 4.79 Å². The average molecular weight is 286 g/mol. The summed E-state index contributed by atoms with van der Waals surface area (Å²) in [5, 5.41) is 5.00. The molecule has 0 aromatic heterocycles. The van der Waals surface area contributed by atoms with Crippen LogP contribution in [0, 0.1) is 11.3 Å². The SMILES string of the molecule is CCN(CC(=O)NC(=O)NCC(C)C)CC(C)(C)CN. The van der Waals surface area contributed by atoms with Crippen molar-refractivity contribution >= 4 is 11.9 Å². The fraction of sp³-hybridized carbons (Fsp3) is 0.857. The van der Waals surface area contributed by atoms with E-state index in [1.807, 2.05) is 25.7 Å². The summed E-state index contributed by atoms with van der Waals surface area (Å²) in [4.78, 5) is 25.3. The molecule has 0 saturated carbocycles. The van der Waals surface area contributed by atoms with Crippen LogP contribution in [0.4, 0.5) is 4.79 Å². The molecule has 0 spiro atoms. The van der Waals surface area contributed by atoms with Crippen LogP contribution < -0.4 is 16.4 Å². The van der Waals surface area contributed by atoms with Gasteiger partial charge < -0.3 is 11.1 Å². The van der Waals surface area contributed by atoms with Crippen molar-refractivity contribution in [2.45, 2.75) is 34.6 Å². The van der Waals surface area contributed by atoms with Gasteiger partial charge in [0.1, 0.15) is 0 Å². The first-order valence-electron chi connectivity index (χ1n) is 7.20. The number of imide groups is 1. The second-order valence-corrected chi connectivity index (χ2v) is 6.32. The highest BCUT2D eigenvalue weighted by atomic mass is 16.2. The summed E-state index contributed by atoms with van der Waals surface area (Å²) in [5.74, 6) is 0.0641. The highest BCUT2D eigenvalue weighted by molar-refractivity contribution is 5.95. The number of urea groups is 1. The molecule has 3 amide bonds. The number of hydrogen-bond acceptors (Lipinski definition) is 4. The zero-order valence-corrected chi connectivity index (χ0v) is 13.5. The summed E-state index contributed by atoms with van der Waals surface area (Å²) >= 11 is 0. The lowest BCUT2D eigenvalue weighted by Crippen LogP contribution is -2.47. The van der Waals surface area contributed by atoms with Crippen molar-refractivity contribution in [3.63, 3.8) is 0 Å². The minimum absolute atomic E-state index is 0.0454. The molecule has 0 aromatic rings. The quantitative estimate of drug-likeness (QED) is 0.615. The molecule has 0 aromatic carbocycles. The van der Waals surface area contributed by atoms with Crippen molar-refractivity contribution < 1.29 is 9.59 Å². The Labute approximate surface area is 122 Å². The molecule has 0 aliphatic carbocycles. The Hall–Kier alpha value is -1.14. The summed E-state index contributed by atoms with van der Waals surface area (Å²) in [6, 6.07) is -0.433. The molecule has 0 rings (SSSR count). The minimum Gasteiger partial charge on any atom is -0.338 e. The largest absolute Gasteiger partial charge is 0.338 e. The van der Waals surface area contributed by atoms with Crippen molar-refractivity contribution in [1.82, 2.24) is 15.5 Å². The van der Waals surface area contributed by atoms with Crippen LogP contribution in [0.3, 0.4) is 0 Å². The van der Waals surface area contributed by atoms with Gasteiger partial charge in [0, 0.05) is 13.1 Å². The molecule has 20 heavy (non-hydrogen) atoms. The molecule has 118 valence electrons. The van der Waals surface area contributed by atoms with Gasteiger partial charge in [-0.15, -0.1) is 0 Å². The van der Waals surface area contributed by atoms with E-state index in [1.165, 1.54) is 0 Å². The summed E-state index contributed by atoms with van der Waals surface area (Å²) < 4.78 is 0. The van der Waals surface area contributed by atoms with Gasteiger partial charge in [-0.2, -0.15) is 0 Å². The number of amides is 3. The van der Waals surface area contributed by atoms with E-state index in [0.29, 0.717) is 19.0 Å². The Morgan fingerprint density at radius 3 is 2.35 bits per heavy atom. The van der Waals surface area contributed by atoms with Crippen LogP contribution in [-0.2, 0) is 4.79 Å². The third-order valence-corrected chi connectivity index (χ3v) is 2.94. The third kappa shape index (κ3) is 8.87. The monoisotopic (exact) mass is 286 g/mol. The lowest BCUT2D eigenvalue weighted by atomic mass is 9.93. The van der Waals surface area contributed by atoms with E-state index in [4.69, 9.17) is 5.73 Å². The van der Waals surface area contributed by atoms with Gasteiger partial charge in [0.05, 0.1) is 6.54 Å². The van der Waals surface area contributed by atoms with Gasteiger partial charge in [0.15, 0.2) is 0 Å². The summed E-state index contributed by atoms with van der Waals surface area (Å²) in [7, 11) is 0. The number of carbonyl (C=O) groups is 2. The highest BCUT2D eigenvalue weighted by Crippen LogP contribution is 2.14. The van der Waals surface area contributed by atoms with Crippen LogP contribution in [-0.4, -0.2) is 49.6 Å². The predicted octanol–water partition coefficient (Wildman–Crippen LogP) is 0.775. The average Bonchev–Trinajstić information content (AvgIpc) is 2.35. The van der Waals surface area contributed by atoms with E-state index in [1.54, 1.807) is 0 Å². The number of nitrogens with zero attached hydrogens (tertiary/aromatic N) is 1. The maximum atomic E-state index is 11.8. The van der Waals surface area contributed by atoms with Gasteiger partial charge in [-0.1, -0.05) is 34.6 Å². The van der Waals surface area contributed by atoms with Crippen LogP contribution in [0.1, 0.15) is 34.6 Å². The van der Waals surface area contributed by atoms with Crippen LogP contribution in [0.15, 0.2) is 0 Å². The molecular weight excluding hydrogens is 256 g/mol. The van der Waals surface area contributed by atoms with E-state index < -0.39 is 6.03 Å². The van der Waals surface area contributed by atoms with Gasteiger partial charge >= 0.3 is 6.03 Å². The second kappa shape index (κ2) is 8.92. The minimum atomic E-state index is -0.433. The lowest BCUT2D eigenvalue weighted by molar-refractivity contribution is -0.121. The fourth-order valence-corrected chi connectivity index (χ4v) is 1.66. The molecule has 0 radical (unpaired) electrons. The van der Waals surface area contributed by atoms with E-state index in [0.717, 1.165) is 13.1 Å². The summed E-state index contributed by atoms with van der Waals surface area (Å²) in [6.07, 6.45) is 0. The number of hydrogen-bond donors (Lipinski definition) is 3. The molecule has 0 bridgehead atoms. The van der Waals surface area contributed by atoms with Crippen molar-refractivity contribution in [3.05, 3.63) is 0 Å². The zero-order valence-electron chi connectivity index (χ0n) is 13.5. The predicted molar refractivity (Wildman–Crippen MR) is 81.3 cm³/mol. The first kappa shape index (κ1) is 18.9. The van der Waals surface area contributed by atoms with Gasteiger partial charge in [0.2, 0.25) is 5.91 Å². The molecule has 4 N–H and O–H groups in total. The lowest BCUT2D eigenvalue weighted by Gasteiger charge is -2.30. The first-order valence-corrected chi connectivity index (χ1v) is 7.20. The van der Waals surface area contributed by atoms with Crippen molar-refractivity contribution in [2.75, 3.05) is 32.7 Å². The molecular formula is C14H30N4O2. The maximum absolute atomic E-state index is 11.8. The van der Waals surface area contributed by atoms with Gasteiger partial charge in [-0.3, -0.25) is 15.0 Å². The molecule has 0 aliphatic rings. The van der Waals surface area contributed by atoms with E-state index in [2.05, 4.69) is 24.5 Å². The van der Waals surface area contributed by atoms with E-state index >= 15 is 0 Å². The molecule has 0 fully saturated rings. The smallest absolute Gasteiger partial charge is 0.321 e. The fourth-order valence-electron chi connectivity index (χ4n) is 1.66. The summed E-state index contributed by atoms with van der Waals surface area (Å²) in [6.45, 7) is 12.9. The van der Waals surface area contributed by atoms with Gasteiger partial charge in [0.25, 0.3) is 0 Å². The normalized spacial score (nSPS) is 11.8. The molecule has 0 saturated heterocycles. The van der Waals surface area contributed by atoms with E-state index in [9.17, 15) is 9.59 Å². The molecule has 0 heterocycles. The number of carbonyl (C=O) groups excluding carboxylic acids is 2. The third-order valence-electron chi connectivity index (χ3n) is 2.94. The van der Waals surface area contributed by atoms with Crippen molar-refractivity contribution in [1.29, 1.82) is 0 Å². The molecule has 0 unspecified atom stereocenters. The number of nitrogens with two attached hydrogens (primary N) is 1. The van der Waals surface area contributed by atoms with Crippen LogP contribution in [0.5, 0.6) is 0 Å². The summed E-state index contributed by atoms with van der Waals surface area (Å²) in [5.41, 5.74) is 5.65. The van der Waals surface area contributed by atoms with E-state index in [-0.39, 0.29) is 17.9 Å². The highest BCUT2D eigenvalue weighted by Gasteiger charge is 2.21. The second-order valence-electron chi connectivity index (χ2n) is 6.32. The molecule has 6 nitrogen and oxygen atoms in total. The van der Waals surface area contributed by atoms with Crippen LogP contribution in [0.2, 0.25) is 0 Å². The van der Waals surface area contributed by atoms with Crippen LogP contribution >= 0.6 is 0 Å². The Morgan fingerprint density at radius 2 is 1.90 bits per heavy atom. The molecule has 0 atom stereocenters. The van der Waals surface area contributed by atoms with Crippen molar-refractivity contribution in [2.24, 2.45) is 17.1 Å². The Kier molecular flexibility index (Phi) is 8.41.